The highest BCUT2D eigenvalue weighted by molar-refractivity contribution is 5.95. The monoisotopic (exact) mass is 289 g/mol. The van der Waals surface area contributed by atoms with Gasteiger partial charge in [-0.2, -0.15) is 5.26 Å². The van der Waals surface area contributed by atoms with Crippen LogP contribution in [0.2, 0.25) is 0 Å². The van der Waals surface area contributed by atoms with Crippen molar-refractivity contribution in [3.05, 3.63) is 29.3 Å². The molecule has 2 aliphatic rings. The van der Waals surface area contributed by atoms with Crippen LogP contribution < -0.4 is 4.74 Å². The Labute approximate surface area is 122 Å². The zero-order valence-electron chi connectivity index (χ0n) is 11.6. The molecular weight excluding hydrogens is 273 g/mol. The standard InChI is InChI=1S/C16H16FNO3/c17-7-8-20-12-1-2-14-13(9-12)15(19)21-16(14)5-3-11(10-18)4-6-16/h1-2,9,11H,3-8H2/t11-,16-. The van der Waals surface area contributed by atoms with Crippen LogP contribution in [0, 0.1) is 17.2 Å². The van der Waals surface area contributed by atoms with E-state index in [1.807, 2.05) is 6.07 Å². The van der Waals surface area contributed by atoms with E-state index in [1.54, 1.807) is 12.1 Å². The minimum atomic E-state index is -0.585. The summed E-state index contributed by atoms with van der Waals surface area (Å²) in [6.07, 6.45) is 2.83. The lowest BCUT2D eigenvalue weighted by Crippen LogP contribution is -2.31. The topological polar surface area (TPSA) is 59.3 Å². The number of fused-ring (bicyclic) bond motifs is 2. The number of carbonyl (C=O) groups is 1. The maximum Gasteiger partial charge on any atom is 0.339 e. The molecule has 21 heavy (non-hydrogen) atoms. The highest BCUT2D eigenvalue weighted by Crippen LogP contribution is 2.48. The summed E-state index contributed by atoms with van der Waals surface area (Å²) in [5, 5.41) is 8.98. The van der Waals surface area contributed by atoms with Crippen molar-refractivity contribution in [1.82, 2.24) is 0 Å². The lowest BCUT2D eigenvalue weighted by Gasteiger charge is -2.34. The molecule has 0 aromatic heterocycles. The van der Waals surface area contributed by atoms with Crippen LogP contribution in [0.25, 0.3) is 0 Å². The molecule has 1 spiro atoms. The van der Waals surface area contributed by atoms with Crippen molar-refractivity contribution in [1.29, 1.82) is 5.26 Å². The van der Waals surface area contributed by atoms with Gasteiger partial charge in [-0.05, 0) is 37.8 Å². The molecule has 0 N–H and O–H groups in total. The SMILES string of the molecule is N#C[C@H]1CC[C@@]2(CC1)OC(=O)c1cc(OCCF)ccc12. The second-order valence-electron chi connectivity index (χ2n) is 5.53. The molecule has 1 aliphatic heterocycles. The average Bonchev–Trinajstić information content (AvgIpc) is 2.78. The number of hydrogen-bond acceptors (Lipinski definition) is 4. The Balaban J connectivity index is 1.87. The normalized spacial score (nSPS) is 27.0. The van der Waals surface area contributed by atoms with Gasteiger partial charge in [-0.15, -0.1) is 0 Å². The summed E-state index contributed by atoms with van der Waals surface area (Å²) in [5.41, 5.74) is 0.788. The van der Waals surface area contributed by atoms with E-state index in [2.05, 4.69) is 6.07 Å². The van der Waals surface area contributed by atoms with Crippen molar-refractivity contribution >= 4 is 5.97 Å². The summed E-state index contributed by atoms with van der Waals surface area (Å²) in [6, 6.07) is 7.48. The van der Waals surface area contributed by atoms with Crippen LogP contribution in [0.5, 0.6) is 5.75 Å². The molecule has 0 saturated heterocycles. The predicted octanol–water partition coefficient (Wildman–Crippen LogP) is 3.11. The van der Waals surface area contributed by atoms with E-state index in [4.69, 9.17) is 14.7 Å². The van der Waals surface area contributed by atoms with Crippen LogP contribution in [0.1, 0.15) is 41.6 Å². The summed E-state index contributed by atoms with van der Waals surface area (Å²) in [7, 11) is 0. The lowest BCUT2D eigenvalue weighted by molar-refractivity contribution is -0.0323. The zero-order valence-corrected chi connectivity index (χ0v) is 11.6. The summed E-state index contributed by atoms with van der Waals surface area (Å²) in [5.74, 6) is 0.169. The first-order chi connectivity index (χ1) is 10.2. The molecule has 1 aromatic rings. The van der Waals surface area contributed by atoms with E-state index in [1.165, 1.54) is 0 Å². The minimum absolute atomic E-state index is 0.0250. The predicted molar refractivity (Wildman–Crippen MR) is 72.6 cm³/mol. The summed E-state index contributed by atoms with van der Waals surface area (Å²) < 4.78 is 23.0. The van der Waals surface area contributed by atoms with Crippen molar-refractivity contribution in [3.8, 4) is 11.8 Å². The molecular formula is C16H16FNO3. The number of nitrogens with zero attached hydrogens (tertiary/aromatic N) is 1. The third-order valence-corrected chi connectivity index (χ3v) is 4.31. The van der Waals surface area contributed by atoms with Gasteiger partial charge in [0.1, 0.15) is 24.6 Å². The third kappa shape index (κ3) is 2.35. The number of nitriles is 1. The second-order valence-corrected chi connectivity index (χ2v) is 5.53. The molecule has 1 heterocycles. The summed E-state index contributed by atoms with van der Waals surface area (Å²) in [4.78, 5) is 12.1. The molecule has 1 saturated carbocycles. The van der Waals surface area contributed by atoms with Crippen LogP contribution in [-0.4, -0.2) is 19.3 Å². The third-order valence-electron chi connectivity index (χ3n) is 4.31. The Hall–Kier alpha value is -2.09. The Morgan fingerprint density at radius 3 is 2.86 bits per heavy atom. The van der Waals surface area contributed by atoms with Gasteiger partial charge in [0.05, 0.1) is 11.6 Å². The van der Waals surface area contributed by atoms with E-state index in [9.17, 15) is 9.18 Å². The van der Waals surface area contributed by atoms with Gasteiger partial charge in [-0.3, -0.25) is 0 Å². The quantitative estimate of drug-likeness (QED) is 0.802. The Morgan fingerprint density at radius 1 is 1.43 bits per heavy atom. The van der Waals surface area contributed by atoms with E-state index >= 15 is 0 Å². The molecule has 0 unspecified atom stereocenters. The van der Waals surface area contributed by atoms with Crippen molar-refractivity contribution in [3.63, 3.8) is 0 Å². The van der Waals surface area contributed by atoms with Gasteiger partial charge >= 0.3 is 5.97 Å². The number of hydrogen-bond donors (Lipinski definition) is 0. The summed E-state index contributed by atoms with van der Waals surface area (Å²) in [6.45, 7) is -0.593. The number of rotatable bonds is 3. The summed E-state index contributed by atoms with van der Waals surface area (Å²) >= 11 is 0. The number of alkyl halides is 1. The Kier molecular flexibility index (Phi) is 3.54. The van der Waals surface area contributed by atoms with Crippen molar-refractivity contribution < 1.29 is 18.7 Å². The van der Waals surface area contributed by atoms with Crippen LogP contribution in [0.15, 0.2) is 18.2 Å². The van der Waals surface area contributed by atoms with Gasteiger partial charge < -0.3 is 9.47 Å². The van der Waals surface area contributed by atoms with Gasteiger partial charge in [0.2, 0.25) is 0 Å². The van der Waals surface area contributed by atoms with Gasteiger partial charge in [-0.1, -0.05) is 6.07 Å². The zero-order chi connectivity index (χ0) is 14.9. The lowest BCUT2D eigenvalue weighted by atomic mass is 9.75. The molecule has 0 radical (unpaired) electrons. The molecule has 1 fully saturated rings. The molecule has 3 rings (SSSR count). The van der Waals surface area contributed by atoms with E-state index < -0.39 is 12.3 Å². The molecule has 0 bridgehead atoms. The maximum absolute atomic E-state index is 12.1. The number of benzene rings is 1. The number of ether oxygens (including phenoxy) is 2. The highest BCUT2D eigenvalue weighted by atomic mass is 19.1. The molecule has 1 aromatic carbocycles. The molecule has 4 nitrogen and oxygen atoms in total. The fourth-order valence-electron chi connectivity index (χ4n) is 3.21. The van der Waals surface area contributed by atoms with Gasteiger partial charge in [0, 0.05) is 11.5 Å². The van der Waals surface area contributed by atoms with E-state index in [0.717, 1.165) is 18.4 Å². The molecule has 0 amide bonds. The van der Waals surface area contributed by atoms with E-state index in [0.29, 0.717) is 24.2 Å². The van der Waals surface area contributed by atoms with Crippen LogP contribution >= 0.6 is 0 Å². The second kappa shape index (κ2) is 5.36. The maximum atomic E-state index is 12.1. The van der Waals surface area contributed by atoms with Crippen molar-refractivity contribution in [2.75, 3.05) is 13.3 Å². The fourth-order valence-corrected chi connectivity index (χ4v) is 3.21. The first-order valence-electron chi connectivity index (χ1n) is 7.15. The molecule has 5 heteroatoms. The number of halogens is 1. The largest absolute Gasteiger partial charge is 0.491 e. The fraction of sp³-hybridized carbons (Fsp3) is 0.500. The van der Waals surface area contributed by atoms with Crippen LogP contribution in [0.4, 0.5) is 4.39 Å². The van der Waals surface area contributed by atoms with Gasteiger partial charge in [-0.25, -0.2) is 9.18 Å². The van der Waals surface area contributed by atoms with Crippen molar-refractivity contribution in [2.24, 2.45) is 5.92 Å². The minimum Gasteiger partial charge on any atom is -0.491 e. The van der Waals surface area contributed by atoms with E-state index in [-0.39, 0.29) is 18.5 Å². The van der Waals surface area contributed by atoms with Gasteiger partial charge in [0.15, 0.2) is 0 Å². The molecule has 0 atom stereocenters. The number of esters is 1. The smallest absolute Gasteiger partial charge is 0.339 e. The highest BCUT2D eigenvalue weighted by Gasteiger charge is 2.47. The van der Waals surface area contributed by atoms with Crippen LogP contribution in [0.3, 0.4) is 0 Å². The first kappa shape index (κ1) is 13.9. The molecule has 1 aliphatic carbocycles. The Bertz CT molecular complexity index is 600. The first-order valence-corrected chi connectivity index (χ1v) is 7.15. The van der Waals surface area contributed by atoms with Gasteiger partial charge in [0.25, 0.3) is 0 Å². The average molecular weight is 289 g/mol. The molecule has 110 valence electrons. The number of carbonyl (C=O) groups excluding carboxylic acids is 1. The van der Waals surface area contributed by atoms with Crippen molar-refractivity contribution in [2.45, 2.75) is 31.3 Å². The Morgan fingerprint density at radius 2 is 2.19 bits per heavy atom. The van der Waals surface area contributed by atoms with Crippen LogP contribution in [-0.2, 0) is 10.3 Å².